The average molecular weight is 261 g/mol. The third-order valence-corrected chi connectivity index (χ3v) is 3.79. The number of ether oxygens (including phenoxy) is 1. The predicted molar refractivity (Wildman–Crippen MR) is 77.5 cm³/mol. The molecule has 1 fully saturated rings. The maximum absolute atomic E-state index is 12.0. The molecule has 0 saturated heterocycles. The van der Waals surface area contributed by atoms with Gasteiger partial charge < -0.3 is 4.74 Å². The molecule has 1 saturated carbocycles. The molecule has 0 bridgehead atoms. The molecule has 19 heavy (non-hydrogen) atoms. The monoisotopic (exact) mass is 261 g/mol. The maximum Gasteiger partial charge on any atom is 0.411 e. The summed E-state index contributed by atoms with van der Waals surface area (Å²) in [6.45, 7) is 4.10. The number of benzene rings is 1. The lowest BCUT2D eigenvalue weighted by molar-refractivity contribution is 0.0865. The van der Waals surface area contributed by atoms with Gasteiger partial charge in [-0.15, -0.1) is 0 Å². The number of nitrogens with one attached hydrogen (secondary N) is 1. The van der Waals surface area contributed by atoms with Gasteiger partial charge in [-0.05, 0) is 50.2 Å². The number of amides is 1. The number of rotatable bonds is 3. The number of hydrogen-bond donors (Lipinski definition) is 1. The normalized spacial score (nSPS) is 16.1. The van der Waals surface area contributed by atoms with Gasteiger partial charge in [0.05, 0.1) is 5.69 Å². The van der Waals surface area contributed by atoms with Crippen LogP contribution in [0.4, 0.5) is 10.5 Å². The average Bonchev–Trinajstić information content (AvgIpc) is 2.42. The quantitative estimate of drug-likeness (QED) is 0.873. The third-order valence-electron chi connectivity index (χ3n) is 3.79. The van der Waals surface area contributed by atoms with E-state index in [1.165, 1.54) is 19.3 Å². The van der Waals surface area contributed by atoms with Crippen LogP contribution in [0.1, 0.15) is 50.2 Å². The van der Waals surface area contributed by atoms with Crippen LogP contribution in [-0.2, 0) is 11.2 Å². The minimum atomic E-state index is -0.309. The van der Waals surface area contributed by atoms with E-state index in [0.717, 1.165) is 36.1 Å². The van der Waals surface area contributed by atoms with E-state index in [4.69, 9.17) is 4.74 Å². The second-order valence-electron chi connectivity index (χ2n) is 5.25. The fourth-order valence-electron chi connectivity index (χ4n) is 2.67. The molecule has 3 nitrogen and oxygen atoms in total. The molecule has 1 aliphatic rings. The molecule has 1 aromatic rings. The molecule has 0 spiro atoms. The van der Waals surface area contributed by atoms with Crippen molar-refractivity contribution in [2.75, 3.05) is 5.32 Å². The van der Waals surface area contributed by atoms with Crippen LogP contribution in [0.15, 0.2) is 18.2 Å². The lowest BCUT2D eigenvalue weighted by Crippen LogP contribution is -2.25. The first-order chi connectivity index (χ1) is 9.20. The topological polar surface area (TPSA) is 38.3 Å². The van der Waals surface area contributed by atoms with Gasteiger partial charge in [-0.3, -0.25) is 5.32 Å². The SMILES string of the molecule is CCc1cccc(C)c1NC(=O)OC1CCCCC1. The highest BCUT2D eigenvalue weighted by atomic mass is 16.6. The molecule has 0 aromatic heterocycles. The molecular formula is C16H23NO2. The summed E-state index contributed by atoms with van der Waals surface area (Å²) in [7, 11) is 0. The van der Waals surface area contributed by atoms with E-state index in [1.54, 1.807) is 0 Å². The lowest BCUT2D eigenvalue weighted by Gasteiger charge is -2.22. The Morgan fingerprint density at radius 1 is 1.32 bits per heavy atom. The fraction of sp³-hybridized carbons (Fsp3) is 0.562. The van der Waals surface area contributed by atoms with Crippen molar-refractivity contribution in [2.45, 2.75) is 58.5 Å². The summed E-state index contributed by atoms with van der Waals surface area (Å²) in [6.07, 6.45) is 6.30. The van der Waals surface area contributed by atoms with Crippen molar-refractivity contribution in [1.82, 2.24) is 0 Å². The van der Waals surface area contributed by atoms with E-state index in [9.17, 15) is 4.79 Å². The van der Waals surface area contributed by atoms with Gasteiger partial charge in [0.1, 0.15) is 6.10 Å². The molecule has 1 aliphatic carbocycles. The highest BCUT2D eigenvalue weighted by Gasteiger charge is 2.18. The van der Waals surface area contributed by atoms with Crippen molar-refractivity contribution in [2.24, 2.45) is 0 Å². The third kappa shape index (κ3) is 3.72. The molecular weight excluding hydrogens is 238 g/mol. The highest BCUT2D eigenvalue weighted by Crippen LogP contribution is 2.23. The van der Waals surface area contributed by atoms with Crippen molar-refractivity contribution in [3.05, 3.63) is 29.3 Å². The Kier molecular flexibility index (Phi) is 4.83. The van der Waals surface area contributed by atoms with Crippen molar-refractivity contribution < 1.29 is 9.53 Å². The number of aryl methyl sites for hydroxylation is 2. The van der Waals surface area contributed by atoms with Crippen LogP contribution in [0.25, 0.3) is 0 Å². The largest absolute Gasteiger partial charge is 0.446 e. The summed E-state index contributed by atoms with van der Waals surface area (Å²) in [6, 6.07) is 6.07. The number of anilines is 1. The van der Waals surface area contributed by atoms with Crippen LogP contribution < -0.4 is 5.32 Å². The second kappa shape index (κ2) is 6.60. The molecule has 1 aromatic carbocycles. The molecule has 0 radical (unpaired) electrons. The molecule has 104 valence electrons. The maximum atomic E-state index is 12.0. The zero-order chi connectivity index (χ0) is 13.7. The lowest BCUT2D eigenvalue weighted by atomic mass is 9.98. The van der Waals surface area contributed by atoms with E-state index in [0.29, 0.717) is 0 Å². The predicted octanol–water partition coefficient (Wildman–Crippen LogP) is 4.44. The number of hydrogen-bond acceptors (Lipinski definition) is 2. The van der Waals surface area contributed by atoms with E-state index in [2.05, 4.69) is 12.2 Å². The summed E-state index contributed by atoms with van der Waals surface area (Å²) < 4.78 is 5.50. The molecule has 0 unspecified atom stereocenters. The van der Waals surface area contributed by atoms with E-state index < -0.39 is 0 Å². The first kappa shape index (κ1) is 13.9. The molecule has 3 heteroatoms. The minimum absolute atomic E-state index is 0.0999. The van der Waals surface area contributed by atoms with Gasteiger partial charge in [-0.1, -0.05) is 31.5 Å². The Bertz CT molecular complexity index is 436. The van der Waals surface area contributed by atoms with Crippen LogP contribution in [-0.4, -0.2) is 12.2 Å². The first-order valence-electron chi connectivity index (χ1n) is 7.27. The fourth-order valence-corrected chi connectivity index (χ4v) is 2.67. The molecule has 0 heterocycles. The highest BCUT2D eigenvalue weighted by molar-refractivity contribution is 5.87. The summed E-state index contributed by atoms with van der Waals surface area (Å²) in [5.41, 5.74) is 3.14. The van der Waals surface area contributed by atoms with Crippen molar-refractivity contribution >= 4 is 11.8 Å². The van der Waals surface area contributed by atoms with Crippen LogP contribution in [0.2, 0.25) is 0 Å². The Morgan fingerprint density at radius 2 is 2.05 bits per heavy atom. The van der Waals surface area contributed by atoms with Gasteiger partial charge in [0, 0.05) is 0 Å². The Labute approximate surface area is 115 Å². The minimum Gasteiger partial charge on any atom is -0.446 e. The van der Waals surface area contributed by atoms with E-state index in [-0.39, 0.29) is 12.2 Å². The molecule has 1 N–H and O–H groups in total. The number of para-hydroxylation sites is 1. The van der Waals surface area contributed by atoms with Crippen LogP contribution in [0, 0.1) is 6.92 Å². The van der Waals surface area contributed by atoms with Crippen LogP contribution in [0.5, 0.6) is 0 Å². The summed E-state index contributed by atoms with van der Waals surface area (Å²) >= 11 is 0. The van der Waals surface area contributed by atoms with Gasteiger partial charge in [0.15, 0.2) is 0 Å². The zero-order valence-corrected chi connectivity index (χ0v) is 11.9. The molecule has 0 atom stereocenters. The van der Waals surface area contributed by atoms with Gasteiger partial charge in [0.25, 0.3) is 0 Å². The van der Waals surface area contributed by atoms with Crippen LogP contribution >= 0.6 is 0 Å². The molecule has 2 rings (SSSR count). The van der Waals surface area contributed by atoms with Crippen molar-refractivity contribution in [3.63, 3.8) is 0 Å². The van der Waals surface area contributed by atoms with Gasteiger partial charge >= 0.3 is 6.09 Å². The molecule has 1 amide bonds. The number of carbonyl (C=O) groups excluding carboxylic acids is 1. The number of carbonyl (C=O) groups is 1. The van der Waals surface area contributed by atoms with Crippen molar-refractivity contribution in [1.29, 1.82) is 0 Å². The van der Waals surface area contributed by atoms with E-state index in [1.807, 2.05) is 25.1 Å². The molecule has 0 aliphatic heterocycles. The van der Waals surface area contributed by atoms with Crippen LogP contribution in [0.3, 0.4) is 0 Å². The van der Waals surface area contributed by atoms with Gasteiger partial charge in [0.2, 0.25) is 0 Å². The van der Waals surface area contributed by atoms with Gasteiger partial charge in [-0.25, -0.2) is 4.79 Å². The summed E-state index contributed by atoms with van der Waals surface area (Å²) in [5.74, 6) is 0. The van der Waals surface area contributed by atoms with Crippen molar-refractivity contribution in [3.8, 4) is 0 Å². The Balaban J connectivity index is 1.98. The standard InChI is InChI=1S/C16H23NO2/c1-3-13-9-7-8-12(2)15(13)17-16(18)19-14-10-5-4-6-11-14/h7-9,14H,3-6,10-11H2,1-2H3,(H,17,18). The smallest absolute Gasteiger partial charge is 0.411 e. The zero-order valence-electron chi connectivity index (χ0n) is 11.9. The first-order valence-corrected chi connectivity index (χ1v) is 7.27. The van der Waals surface area contributed by atoms with Gasteiger partial charge in [-0.2, -0.15) is 0 Å². The summed E-state index contributed by atoms with van der Waals surface area (Å²) in [4.78, 5) is 12.0. The summed E-state index contributed by atoms with van der Waals surface area (Å²) in [5, 5.41) is 2.92. The Morgan fingerprint density at radius 3 is 2.74 bits per heavy atom. The Hall–Kier alpha value is -1.51. The van der Waals surface area contributed by atoms with E-state index >= 15 is 0 Å². The second-order valence-corrected chi connectivity index (χ2v) is 5.25.